The van der Waals surface area contributed by atoms with Crippen LogP contribution >= 0.6 is 0 Å². The molecule has 1 aromatic heterocycles. The summed E-state index contributed by atoms with van der Waals surface area (Å²) in [6, 6.07) is 3.82. The van der Waals surface area contributed by atoms with Crippen molar-refractivity contribution < 1.29 is 19.0 Å². The van der Waals surface area contributed by atoms with Gasteiger partial charge in [-0.1, -0.05) is 0 Å². The Balaban J connectivity index is 1.33. The zero-order valence-corrected chi connectivity index (χ0v) is 20.4. The molecule has 0 unspecified atom stereocenters. The molecule has 0 radical (unpaired) electrons. The molecule has 3 aliphatic heterocycles. The van der Waals surface area contributed by atoms with Crippen LogP contribution in [0.15, 0.2) is 34.5 Å². The van der Waals surface area contributed by atoms with E-state index in [9.17, 15) is 4.79 Å². The van der Waals surface area contributed by atoms with Crippen molar-refractivity contribution in [1.29, 1.82) is 0 Å². The second-order valence-electron chi connectivity index (χ2n) is 8.75. The first-order valence-corrected chi connectivity index (χ1v) is 12.0. The van der Waals surface area contributed by atoms with Gasteiger partial charge in [-0.2, -0.15) is 0 Å². The first-order chi connectivity index (χ1) is 17.5. The first kappa shape index (κ1) is 23.9. The second-order valence-corrected chi connectivity index (χ2v) is 8.75. The second kappa shape index (κ2) is 10.5. The van der Waals surface area contributed by atoms with E-state index in [1.54, 1.807) is 7.11 Å². The molecule has 4 heterocycles. The standard InChI is InChI=1S/C24H30N8O4/c1-15-14-31(9-11-35-15)7-3-10-36-18-5-4-17-19(20(18)34-2)29-24(32-8-6-26-21(17)32)30-22(33)16-12-27-23(25)28-13-16/h4-5,12-13,15H,3,6-11,14H2,1-2H3,(H2,25,27,28)(H,29,30,33)/t15-/m1/s1. The van der Waals surface area contributed by atoms with E-state index in [1.165, 1.54) is 12.4 Å². The largest absolute Gasteiger partial charge is 0.491 e. The van der Waals surface area contributed by atoms with E-state index < -0.39 is 5.91 Å². The SMILES string of the molecule is COc1c(OCCCN2CCO[C@H](C)C2)ccc2c1N=C(NC(=O)c1cnc(N)nc1)N1CCN=C21. The zero-order valence-electron chi connectivity index (χ0n) is 20.4. The highest BCUT2D eigenvalue weighted by Gasteiger charge is 2.33. The molecule has 12 heteroatoms. The number of morpholine rings is 1. The number of amidine groups is 1. The van der Waals surface area contributed by atoms with Crippen LogP contribution in [0.2, 0.25) is 0 Å². The molecular weight excluding hydrogens is 464 g/mol. The summed E-state index contributed by atoms with van der Waals surface area (Å²) in [7, 11) is 1.58. The Morgan fingerprint density at radius 3 is 2.89 bits per heavy atom. The molecule has 1 amide bonds. The number of aliphatic imine (C=N–C) groups is 2. The number of hydrogen-bond acceptors (Lipinski definition) is 11. The molecule has 36 heavy (non-hydrogen) atoms. The van der Waals surface area contributed by atoms with Crippen molar-refractivity contribution in [2.75, 3.05) is 58.8 Å². The molecule has 2 aromatic rings. The van der Waals surface area contributed by atoms with E-state index >= 15 is 0 Å². The smallest absolute Gasteiger partial charge is 0.261 e. The van der Waals surface area contributed by atoms with Crippen molar-refractivity contribution in [1.82, 2.24) is 25.1 Å². The third-order valence-corrected chi connectivity index (χ3v) is 6.22. The number of nitrogens with zero attached hydrogens (tertiary/aromatic N) is 6. The number of nitrogen functional groups attached to an aromatic ring is 1. The van der Waals surface area contributed by atoms with Gasteiger partial charge in [0.15, 0.2) is 11.5 Å². The van der Waals surface area contributed by atoms with Gasteiger partial charge < -0.3 is 19.9 Å². The fourth-order valence-corrected chi connectivity index (χ4v) is 4.49. The number of methoxy groups -OCH3 is 1. The summed E-state index contributed by atoms with van der Waals surface area (Å²) in [5.74, 6) is 1.89. The number of anilines is 1. The monoisotopic (exact) mass is 494 g/mol. The number of amides is 1. The van der Waals surface area contributed by atoms with Crippen LogP contribution < -0.4 is 20.5 Å². The van der Waals surface area contributed by atoms with Gasteiger partial charge in [-0.15, -0.1) is 0 Å². The average Bonchev–Trinajstić information content (AvgIpc) is 3.37. The Kier molecular flexibility index (Phi) is 6.96. The third kappa shape index (κ3) is 4.95. The number of guanidine groups is 1. The maximum absolute atomic E-state index is 12.8. The average molecular weight is 495 g/mol. The van der Waals surface area contributed by atoms with Gasteiger partial charge in [0.05, 0.1) is 38.5 Å². The molecule has 0 saturated carbocycles. The highest BCUT2D eigenvalue weighted by molar-refractivity contribution is 6.20. The lowest BCUT2D eigenvalue weighted by Crippen LogP contribution is -2.47. The molecule has 5 rings (SSSR count). The number of hydrogen-bond donors (Lipinski definition) is 2. The molecule has 0 aliphatic carbocycles. The number of carbonyl (C=O) groups excluding carboxylic acids is 1. The van der Waals surface area contributed by atoms with E-state index in [0.717, 1.165) is 44.1 Å². The van der Waals surface area contributed by atoms with Crippen LogP contribution in [0.3, 0.4) is 0 Å². The van der Waals surface area contributed by atoms with Crippen LogP contribution in [0.5, 0.6) is 11.5 Å². The lowest BCUT2D eigenvalue weighted by Gasteiger charge is -2.31. The molecule has 3 aliphatic rings. The van der Waals surface area contributed by atoms with Gasteiger partial charge in [0.2, 0.25) is 11.9 Å². The first-order valence-electron chi connectivity index (χ1n) is 12.0. The third-order valence-electron chi connectivity index (χ3n) is 6.22. The number of aromatic nitrogens is 2. The van der Waals surface area contributed by atoms with Crippen LogP contribution in [-0.4, -0.2) is 96.6 Å². The summed E-state index contributed by atoms with van der Waals surface area (Å²) in [6.45, 7) is 7.42. The Labute approximate surface area is 209 Å². The quantitative estimate of drug-likeness (QED) is 0.541. The number of nitrogens with two attached hydrogens (primary N) is 1. The van der Waals surface area contributed by atoms with Crippen LogP contribution in [0.4, 0.5) is 11.6 Å². The topological polar surface area (TPSA) is 140 Å². The van der Waals surface area contributed by atoms with E-state index in [-0.39, 0.29) is 17.6 Å². The number of ether oxygens (including phenoxy) is 3. The molecule has 1 aromatic carbocycles. The molecule has 0 bridgehead atoms. The van der Waals surface area contributed by atoms with E-state index in [4.69, 9.17) is 24.9 Å². The van der Waals surface area contributed by atoms with E-state index in [0.29, 0.717) is 42.8 Å². The fraction of sp³-hybridized carbons (Fsp3) is 0.458. The molecule has 0 spiro atoms. The summed E-state index contributed by atoms with van der Waals surface area (Å²) in [4.78, 5) is 34.2. The Morgan fingerprint density at radius 2 is 2.11 bits per heavy atom. The highest BCUT2D eigenvalue weighted by Crippen LogP contribution is 2.43. The van der Waals surface area contributed by atoms with Gasteiger partial charge in [0, 0.05) is 44.1 Å². The van der Waals surface area contributed by atoms with Crippen LogP contribution in [-0.2, 0) is 4.74 Å². The number of nitrogens with one attached hydrogen (secondary N) is 1. The Hall–Kier alpha value is -3.77. The van der Waals surface area contributed by atoms with Crippen LogP contribution in [0.1, 0.15) is 29.3 Å². The van der Waals surface area contributed by atoms with Crippen LogP contribution in [0.25, 0.3) is 0 Å². The lowest BCUT2D eigenvalue weighted by atomic mass is 10.1. The summed E-state index contributed by atoms with van der Waals surface area (Å²) in [6.07, 6.45) is 3.89. The highest BCUT2D eigenvalue weighted by atomic mass is 16.5. The Morgan fingerprint density at radius 1 is 1.28 bits per heavy atom. The van der Waals surface area contributed by atoms with Gasteiger partial charge in [-0.3, -0.25) is 24.9 Å². The van der Waals surface area contributed by atoms with Crippen molar-refractivity contribution in [2.45, 2.75) is 19.4 Å². The van der Waals surface area contributed by atoms with Crippen molar-refractivity contribution in [3.8, 4) is 11.5 Å². The Bertz CT molecular complexity index is 1180. The molecule has 1 saturated heterocycles. The van der Waals surface area contributed by atoms with E-state index in [2.05, 4.69) is 32.1 Å². The molecule has 1 atom stereocenters. The minimum absolute atomic E-state index is 0.0983. The van der Waals surface area contributed by atoms with Crippen molar-refractivity contribution in [3.63, 3.8) is 0 Å². The summed E-state index contributed by atoms with van der Waals surface area (Å²) in [5.41, 5.74) is 7.20. The normalized spacial score (nSPS) is 19.2. The van der Waals surface area contributed by atoms with Gasteiger partial charge in [-0.25, -0.2) is 15.0 Å². The van der Waals surface area contributed by atoms with Crippen molar-refractivity contribution in [3.05, 3.63) is 35.7 Å². The fourth-order valence-electron chi connectivity index (χ4n) is 4.49. The van der Waals surface area contributed by atoms with Gasteiger partial charge in [-0.05, 0) is 25.5 Å². The minimum Gasteiger partial charge on any atom is -0.491 e. The number of rotatable bonds is 7. The number of benzene rings is 1. The molecule has 3 N–H and O–H groups in total. The number of carbonyl (C=O) groups is 1. The van der Waals surface area contributed by atoms with Gasteiger partial charge in [0.25, 0.3) is 5.91 Å². The lowest BCUT2D eigenvalue weighted by molar-refractivity contribution is -0.0193. The summed E-state index contributed by atoms with van der Waals surface area (Å²) >= 11 is 0. The van der Waals surface area contributed by atoms with Crippen molar-refractivity contribution in [2.24, 2.45) is 9.98 Å². The van der Waals surface area contributed by atoms with Gasteiger partial charge >= 0.3 is 0 Å². The number of fused-ring (bicyclic) bond motifs is 3. The predicted octanol–water partition coefficient (Wildman–Crippen LogP) is 1.05. The van der Waals surface area contributed by atoms with Gasteiger partial charge in [0.1, 0.15) is 11.5 Å². The zero-order chi connectivity index (χ0) is 25.1. The van der Waals surface area contributed by atoms with Crippen molar-refractivity contribution >= 4 is 29.3 Å². The molecule has 190 valence electrons. The molecule has 1 fully saturated rings. The predicted molar refractivity (Wildman–Crippen MR) is 134 cm³/mol. The van der Waals surface area contributed by atoms with E-state index in [1.807, 2.05) is 17.0 Å². The maximum Gasteiger partial charge on any atom is 0.261 e. The van der Waals surface area contributed by atoms with Crippen LogP contribution in [0, 0.1) is 0 Å². The summed E-state index contributed by atoms with van der Waals surface area (Å²) < 4.78 is 17.4. The molecule has 12 nitrogen and oxygen atoms in total. The minimum atomic E-state index is -0.396. The molecular formula is C24H30N8O4. The summed E-state index contributed by atoms with van der Waals surface area (Å²) in [5, 5.41) is 2.85. The maximum atomic E-state index is 12.8.